The first-order valence-electron chi connectivity index (χ1n) is 9.06. The minimum absolute atomic E-state index is 0.00471. The van der Waals surface area contributed by atoms with E-state index >= 15 is 0 Å². The molecule has 1 fully saturated rings. The summed E-state index contributed by atoms with van der Waals surface area (Å²) >= 11 is 6.82. The summed E-state index contributed by atoms with van der Waals surface area (Å²) in [5.41, 5.74) is 3.36. The van der Waals surface area contributed by atoms with E-state index in [9.17, 15) is 10.1 Å². The third kappa shape index (κ3) is 3.59. The van der Waals surface area contributed by atoms with Gasteiger partial charge in [0.2, 0.25) is 5.91 Å². The SMILES string of the molecule is CC(C#N)C1CCCCCC(Cl)C1c1ccc2c(c1)CCC(=O)N2. The van der Waals surface area contributed by atoms with Gasteiger partial charge < -0.3 is 5.32 Å². The van der Waals surface area contributed by atoms with Crippen LogP contribution in [0.25, 0.3) is 0 Å². The highest BCUT2D eigenvalue weighted by Crippen LogP contribution is 2.43. The Hall–Kier alpha value is -1.53. The van der Waals surface area contributed by atoms with Crippen molar-refractivity contribution < 1.29 is 4.79 Å². The van der Waals surface area contributed by atoms with Gasteiger partial charge >= 0.3 is 0 Å². The lowest BCUT2D eigenvalue weighted by atomic mass is 9.72. The minimum atomic E-state index is 0.00471. The van der Waals surface area contributed by atoms with Gasteiger partial charge in [0.05, 0.1) is 6.07 Å². The van der Waals surface area contributed by atoms with E-state index in [0.717, 1.165) is 24.9 Å². The van der Waals surface area contributed by atoms with Crippen LogP contribution in [0.4, 0.5) is 5.69 Å². The Labute approximate surface area is 149 Å². The molecule has 0 radical (unpaired) electrons. The van der Waals surface area contributed by atoms with Crippen molar-refractivity contribution in [2.24, 2.45) is 11.8 Å². The smallest absolute Gasteiger partial charge is 0.224 e. The highest BCUT2D eigenvalue weighted by molar-refractivity contribution is 6.21. The quantitative estimate of drug-likeness (QED) is 0.767. The molecule has 1 amide bonds. The summed E-state index contributed by atoms with van der Waals surface area (Å²) in [6, 6.07) is 8.78. The van der Waals surface area contributed by atoms with Gasteiger partial charge in [-0.15, -0.1) is 11.6 Å². The minimum Gasteiger partial charge on any atom is -0.326 e. The van der Waals surface area contributed by atoms with Crippen LogP contribution < -0.4 is 5.32 Å². The van der Waals surface area contributed by atoms with Crippen LogP contribution >= 0.6 is 11.6 Å². The van der Waals surface area contributed by atoms with Crippen molar-refractivity contribution in [3.05, 3.63) is 29.3 Å². The summed E-state index contributed by atoms with van der Waals surface area (Å²) in [5, 5.41) is 12.5. The monoisotopic (exact) mass is 344 g/mol. The van der Waals surface area contributed by atoms with Crippen molar-refractivity contribution in [1.82, 2.24) is 0 Å². The van der Waals surface area contributed by atoms with E-state index in [1.165, 1.54) is 30.4 Å². The van der Waals surface area contributed by atoms with Crippen LogP contribution in [0.2, 0.25) is 0 Å². The van der Waals surface area contributed by atoms with Gasteiger partial charge in [-0.2, -0.15) is 5.26 Å². The Kier molecular flexibility index (Phi) is 5.46. The van der Waals surface area contributed by atoms with Gasteiger partial charge in [0, 0.05) is 29.3 Å². The fraction of sp³-hybridized carbons (Fsp3) is 0.600. The predicted molar refractivity (Wildman–Crippen MR) is 97.1 cm³/mol. The summed E-state index contributed by atoms with van der Waals surface area (Å²) in [6.45, 7) is 2.03. The lowest BCUT2D eigenvalue weighted by Crippen LogP contribution is -2.29. The van der Waals surface area contributed by atoms with Crippen LogP contribution in [0, 0.1) is 23.2 Å². The molecule has 0 aromatic heterocycles. The first-order chi connectivity index (χ1) is 11.6. The number of hydrogen-bond acceptors (Lipinski definition) is 2. The van der Waals surface area contributed by atoms with Crippen molar-refractivity contribution in [1.29, 1.82) is 5.26 Å². The molecule has 1 heterocycles. The Morgan fingerprint density at radius 1 is 1.25 bits per heavy atom. The second kappa shape index (κ2) is 7.57. The highest BCUT2D eigenvalue weighted by atomic mass is 35.5. The third-order valence-corrected chi connectivity index (χ3v) is 6.11. The summed E-state index contributed by atoms with van der Waals surface area (Å²) in [6.07, 6.45) is 6.96. The van der Waals surface area contributed by atoms with Crippen molar-refractivity contribution in [2.45, 2.75) is 63.2 Å². The number of nitrogens with one attached hydrogen (secondary N) is 1. The number of carbonyl (C=O) groups is 1. The number of nitrogens with zero attached hydrogens (tertiary/aromatic N) is 1. The fourth-order valence-corrected chi connectivity index (χ4v) is 4.73. The summed E-state index contributed by atoms with van der Waals surface area (Å²) in [5.74, 6) is 0.607. The van der Waals surface area contributed by atoms with Crippen molar-refractivity contribution >= 4 is 23.2 Å². The van der Waals surface area contributed by atoms with Crippen LogP contribution in [-0.4, -0.2) is 11.3 Å². The molecule has 0 bridgehead atoms. The molecule has 24 heavy (non-hydrogen) atoms. The molecule has 1 aromatic rings. The topological polar surface area (TPSA) is 52.9 Å². The number of hydrogen-bond donors (Lipinski definition) is 1. The standard InChI is InChI=1S/C20H25ClN2O/c1-13(12-22)16-5-3-2-4-6-17(21)20(16)15-7-9-18-14(11-15)8-10-19(24)23-18/h7,9,11,13,16-17,20H,2-6,8,10H2,1H3,(H,23,24). The number of alkyl halides is 1. The number of halogens is 1. The average molecular weight is 345 g/mol. The first kappa shape index (κ1) is 17.3. The maximum atomic E-state index is 11.6. The predicted octanol–water partition coefficient (Wildman–Crippen LogP) is 5.00. The number of rotatable bonds is 2. The molecule has 0 saturated heterocycles. The largest absolute Gasteiger partial charge is 0.326 e. The number of amides is 1. The van der Waals surface area contributed by atoms with E-state index in [2.05, 4.69) is 23.5 Å². The van der Waals surface area contributed by atoms with Crippen molar-refractivity contribution in [3.8, 4) is 6.07 Å². The molecular weight excluding hydrogens is 320 g/mol. The lowest BCUT2D eigenvalue weighted by molar-refractivity contribution is -0.116. The van der Waals surface area contributed by atoms with E-state index in [1.54, 1.807) is 0 Å². The van der Waals surface area contributed by atoms with Crippen LogP contribution in [0.5, 0.6) is 0 Å². The number of carbonyl (C=O) groups excluding carboxylic acids is 1. The zero-order chi connectivity index (χ0) is 17.1. The Balaban J connectivity index is 1.95. The molecule has 0 spiro atoms. The highest BCUT2D eigenvalue weighted by Gasteiger charge is 2.34. The molecule has 2 aliphatic rings. The van der Waals surface area contributed by atoms with Gasteiger partial charge in [-0.1, -0.05) is 31.4 Å². The maximum absolute atomic E-state index is 11.6. The summed E-state index contributed by atoms with van der Waals surface area (Å²) in [4.78, 5) is 11.6. The molecule has 1 saturated carbocycles. The molecule has 1 aromatic carbocycles. The van der Waals surface area contributed by atoms with Crippen LogP contribution in [0.1, 0.15) is 62.5 Å². The Morgan fingerprint density at radius 2 is 2.04 bits per heavy atom. The normalized spacial score (nSPS) is 28.7. The first-order valence-corrected chi connectivity index (χ1v) is 9.50. The average Bonchev–Trinajstić information content (AvgIpc) is 2.57. The van der Waals surface area contributed by atoms with Crippen molar-refractivity contribution in [2.75, 3.05) is 5.32 Å². The number of nitriles is 1. The zero-order valence-electron chi connectivity index (χ0n) is 14.2. The van der Waals surface area contributed by atoms with Gasteiger partial charge in [-0.3, -0.25) is 4.79 Å². The fourth-order valence-electron chi connectivity index (χ4n) is 4.25. The third-order valence-electron chi connectivity index (χ3n) is 5.62. The van der Waals surface area contributed by atoms with Crippen LogP contribution in [0.15, 0.2) is 18.2 Å². The second-order valence-electron chi connectivity index (χ2n) is 7.23. The number of benzene rings is 1. The number of anilines is 1. The molecule has 1 aliphatic carbocycles. The molecule has 4 heteroatoms. The maximum Gasteiger partial charge on any atom is 0.224 e. The number of aryl methyl sites for hydroxylation is 1. The molecule has 4 unspecified atom stereocenters. The van der Waals surface area contributed by atoms with E-state index in [1.807, 2.05) is 13.0 Å². The van der Waals surface area contributed by atoms with Gasteiger partial charge in [0.15, 0.2) is 0 Å². The van der Waals surface area contributed by atoms with E-state index < -0.39 is 0 Å². The number of fused-ring (bicyclic) bond motifs is 1. The van der Waals surface area contributed by atoms with Crippen LogP contribution in [0.3, 0.4) is 0 Å². The molecular formula is C20H25ClN2O. The van der Waals surface area contributed by atoms with Crippen LogP contribution in [-0.2, 0) is 11.2 Å². The van der Waals surface area contributed by atoms with Gasteiger partial charge in [-0.25, -0.2) is 0 Å². The van der Waals surface area contributed by atoms with E-state index in [0.29, 0.717) is 12.3 Å². The lowest BCUT2D eigenvalue weighted by Gasteiger charge is -2.35. The Morgan fingerprint density at radius 3 is 2.83 bits per heavy atom. The molecule has 3 nitrogen and oxygen atoms in total. The van der Waals surface area contributed by atoms with Gasteiger partial charge in [0.25, 0.3) is 0 Å². The summed E-state index contributed by atoms with van der Waals surface area (Å²) in [7, 11) is 0. The Bertz CT molecular complexity index is 652. The molecule has 1 aliphatic heterocycles. The van der Waals surface area contributed by atoms with Crippen molar-refractivity contribution in [3.63, 3.8) is 0 Å². The second-order valence-corrected chi connectivity index (χ2v) is 7.79. The van der Waals surface area contributed by atoms with Gasteiger partial charge in [-0.05, 0) is 49.3 Å². The molecule has 128 valence electrons. The zero-order valence-corrected chi connectivity index (χ0v) is 15.0. The molecule has 1 N–H and O–H groups in total. The summed E-state index contributed by atoms with van der Waals surface area (Å²) < 4.78 is 0. The van der Waals surface area contributed by atoms with E-state index in [-0.39, 0.29) is 23.1 Å². The van der Waals surface area contributed by atoms with Gasteiger partial charge in [0.1, 0.15) is 0 Å². The molecule has 3 rings (SSSR count). The molecule has 4 atom stereocenters. The van der Waals surface area contributed by atoms with E-state index in [4.69, 9.17) is 11.6 Å².